The lowest BCUT2D eigenvalue weighted by Gasteiger charge is -2.06. The molecule has 0 radical (unpaired) electrons. The number of carbonyl (C=O) groups is 2. The van der Waals surface area contributed by atoms with Gasteiger partial charge in [-0.2, -0.15) is 0 Å². The van der Waals surface area contributed by atoms with Gasteiger partial charge in [-0.05, 0) is 18.6 Å². The van der Waals surface area contributed by atoms with Crippen LogP contribution < -0.4 is 5.32 Å². The minimum atomic E-state index is -0.444. The number of esters is 1. The molecular weight excluding hydrogens is 242 g/mol. The van der Waals surface area contributed by atoms with Gasteiger partial charge in [-0.1, -0.05) is 29.8 Å². The fourth-order valence-electron chi connectivity index (χ4n) is 1.26. The second kappa shape index (κ2) is 6.91. The van der Waals surface area contributed by atoms with E-state index in [1.807, 2.05) is 0 Å². The monoisotopic (exact) mass is 255 g/mol. The predicted octanol–water partition coefficient (Wildman–Crippen LogP) is 1.56. The summed E-state index contributed by atoms with van der Waals surface area (Å²) < 4.78 is 4.69. The summed E-state index contributed by atoms with van der Waals surface area (Å²) in [4.78, 5) is 22.5. The van der Waals surface area contributed by atoms with E-state index in [2.05, 4.69) is 10.1 Å². The number of amides is 1. The number of nitrogens with one attached hydrogen (secondary N) is 1. The van der Waals surface area contributed by atoms with Gasteiger partial charge in [0.25, 0.3) is 0 Å². The molecule has 1 rings (SSSR count). The third-order valence-electron chi connectivity index (χ3n) is 2.04. The lowest BCUT2D eigenvalue weighted by molar-refractivity contribution is -0.143. The second-order valence-electron chi connectivity index (χ2n) is 3.35. The normalized spacial score (nSPS) is 9.76. The summed E-state index contributed by atoms with van der Waals surface area (Å²) >= 11 is 5.91. The van der Waals surface area contributed by atoms with E-state index in [1.165, 1.54) is 0 Å². The molecule has 1 amide bonds. The smallest absolute Gasteiger partial charge is 0.325 e. The highest BCUT2D eigenvalue weighted by Gasteiger charge is 2.08. The Bertz CT molecular complexity index is 406. The first-order chi connectivity index (χ1) is 8.13. The number of ether oxygens (including phenoxy) is 1. The van der Waals surface area contributed by atoms with E-state index in [9.17, 15) is 9.59 Å². The average molecular weight is 256 g/mol. The fourth-order valence-corrected chi connectivity index (χ4v) is 1.46. The van der Waals surface area contributed by atoms with Gasteiger partial charge in [0.1, 0.15) is 6.54 Å². The van der Waals surface area contributed by atoms with E-state index in [-0.39, 0.29) is 18.9 Å². The fraction of sp³-hybridized carbons (Fsp3) is 0.333. The van der Waals surface area contributed by atoms with E-state index >= 15 is 0 Å². The van der Waals surface area contributed by atoms with Gasteiger partial charge in [0, 0.05) is 5.02 Å². The van der Waals surface area contributed by atoms with Crippen LogP contribution in [0.25, 0.3) is 0 Å². The topological polar surface area (TPSA) is 55.4 Å². The molecule has 0 spiro atoms. The molecule has 0 aromatic heterocycles. The molecule has 0 bridgehead atoms. The summed E-state index contributed by atoms with van der Waals surface area (Å²) in [5, 5.41) is 3.01. The first-order valence-corrected chi connectivity index (χ1v) is 5.67. The maximum atomic E-state index is 11.5. The third kappa shape index (κ3) is 4.87. The number of hydrogen-bond donors (Lipinski definition) is 1. The van der Waals surface area contributed by atoms with Gasteiger partial charge in [0.2, 0.25) is 5.91 Å². The van der Waals surface area contributed by atoms with Crippen molar-refractivity contribution in [1.29, 1.82) is 0 Å². The van der Waals surface area contributed by atoms with Crippen molar-refractivity contribution in [2.24, 2.45) is 0 Å². The molecule has 1 N–H and O–H groups in total. The number of halogens is 1. The van der Waals surface area contributed by atoms with E-state index in [1.54, 1.807) is 31.2 Å². The van der Waals surface area contributed by atoms with Crippen LogP contribution in [0.3, 0.4) is 0 Å². The van der Waals surface area contributed by atoms with Crippen molar-refractivity contribution in [3.8, 4) is 0 Å². The molecule has 0 atom stereocenters. The van der Waals surface area contributed by atoms with E-state index < -0.39 is 5.97 Å². The highest BCUT2D eigenvalue weighted by Crippen LogP contribution is 2.14. The summed E-state index contributed by atoms with van der Waals surface area (Å²) in [6.45, 7) is 1.90. The van der Waals surface area contributed by atoms with Crippen LogP contribution in [-0.2, 0) is 20.7 Å². The molecule has 0 saturated carbocycles. The molecule has 0 aliphatic carbocycles. The summed E-state index contributed by atoms with van der Waals surface area (Å²) in [7, 11) is 0. The Labute approximate surface area is 105 Å². The van der Waals surface area contributed by atoms with Crippen LogP contribution in [0.4, 0.5) is 0 Å². The third-order valence-corrected chi connectivity index (χ3v) is 2.41. The summed E-state index contributed by atoms with van der Waals surface area (Å²) in [6.07, 6.45) is 0.152. The Morgan fingerprint density at radius 2 is 2.06 bits per heavy atom. The minimum absolute atomic E-state index is 0.114. The van der Waals surface area contributed by atoms with Gasteiger partial charge in [0.15, 0.2) is 0 Å². The zero-order valence-corrected chi connectivity index (χ0v) is 10.3. The Balaban J connectivity index is 2.40. The molecule has 0 saturated heterocycles. The van der Waals surface area contributed by atoms with Crippen molar-refractivity contribution in [2.45, 2.75) is 13.3 Å². The molecule has 1 aromatic rings. The summed E-state index contributed by atoms with van der Waals surface area (Å²) in [6, 6.07) is 7.09. The molecular formula is C12H14ClNO3. The molecule has 1 aromatic carbocycles. The predicted molar refractivity (Wildman–Crippen MR) is 64.8 cm³/mol. The Morgan fingerprint density at radius 1 is 1.35 bits per heavy atom. The van der Waals surface area contributed by atoms with Crippen LogP contribution in [0, 0.1) is 0 Å². The van der Waals surface area contributed by atoms with Crippen molar-refractivity contribution >= 4 is 23.5 Å². The highest BCUT2D eigenvalue weighted by atomic mass is 35.5. The van der Waals surface area contributed by atoms with E-state index in [0.29, 0.717) is 11.6 Å². The van der Waals surface area contributed by atoms with Crippen LogP contribution in [0.5, 0.6) is 0 Å². The zero-order valence-electron chi connectivity index (χ0n) is 9.53. The van der Waals surface area contributed by atoms with E-state index in [0.717, 1.165) is 5.56 Å². The van der Waals surface area contributed by atoms with Gasteiger partial charge >= 0.3 is 5.97 Å². The number of hydrogen-bond acceptors (Lipinski definition) is 3. The molecule has 0 unspecified atom stereocenters. The van der Waals surface area contributed by atoms with Crippen molar-refractivity contribution < 1.29 is 14.3 Å². The SMILES string of the molecule is CCOC(=O)CNC(=O)Cc1ccccc1Cl. The summed E-state index contributed by atoms with van der Waals surface area (Å²) in [5.74, 6) is -0.703. The van der Waals surface area contributed by atoms with Crippen LogP contribution >= 0.6 is 11.6 Å². The minimum Gasteiger partial charge on any atom is -0.465 e. The molecule has 0 aliphatic rings. The zero-order chi connectivity index (χ0) is 12.7. The molecule has 0 fully saturated rings. The maximum absolute atomic E-state index is 11.5. The van der Waals surface area contributed by atoms with Gasteiger partial charge in [0.05, 0.1) is 13.0 Å². The first-order valence-electron chi connectivity index (χ1n) is 5.29. The summed E-state index contributed by atoms with van der Waals surface area (Å²) in [5.41, 5.74) is 0.732. The molecule has 0 heterocycles. The number of rotatable bonds is 5. The molecule has 5 heteroatoms. The second-order valence-corrected chi connectivity index (χ2v) is 3.76. The molecule has 4 nitrogen and oxygen atoms in total. The van der Waals surface area contributed by atoms with Crippen molar-refractivity contribution in [1.82, 2.24) is 5.32 Å². The Kier molecular flexibility index (Phi) is 5.49. The lowest BCUT2D eigenvalue weighted by atomic mass is 10.1. The molecule has 92 valence electrons. The van der Waals surface area contributed by atoms with Gasteiger partial charge in [-0.25, -0.2) is 0 Å². The number of benzene rings is 1. The largest absolute Gasteiger partial charge is 0.465 e. The van der Waals surface area contributed by atoms with Crippen LogP contribution in [0.2, 0.25) is 5.02 Å². The quantitative estimate of drug-likeness (QED) is 0.813. The first kappa shape index (κ1) is 13.5. The average Bonchev–Trinajstić information content (AvgIpc) is 2.30. The Morgan fingerprint density at radius 3 is 2.71 bits per heavy atom. The van der Waals surface area contributed by atoms with Gasteiger partial charge in [-0.15, -0.1) is 0 Å². The Hall–Kier alpha value is -1.55. The van der Waals surface area contributed by atoms with Gasteiger partial charge < -0.3 is 10.1 Å². The molecule has 0 aliphatic heterocycles. The van der Waals surface area contributed by atoms with Crippen molar-refractivity contribution in [3.05, 3.63) is 34.9 Å². The van der Waals surface area contributed by atoms with Crippen LogP contribution in [0.15, 0.2) is 24.3 Å². The van der Waals surface area contributed by atoms with Crippen LogP contribution in [-0.4, -0.2) is 25.0 Å². The van der Waals surface area contributed by atoms with E-state index in [4.69, 9.17) is 11.6 Å². The maximum Gasteiger partial charge on any atom is 0.325 e. The van der Waals surface area contributed by atoms with Crippen LogP contribution in [0.1, 0.15) is 12.5 Å². The van der Waals surface area contributed by atoms with Crippen molar-refractivity contribution in [3.63, 3.8) is 0 Å². The standard InChI is InChI=1S/C12H14ClNO3/c1-2-17-12(16)8-14-11(15)7-9-5-3-4-6-10(9)13/h3-6H,2,7-8H2,1H3,(H,14,15). The highest BCUT2D eigenvalue weighted by molar-refractivity contribution is 6.31. The van der Waals surface area contributed by atoms with Gasteiger partial charge in [-0.3, -0.25) is 9.59 Å². The molecule has 17 heavy (non-hydrogen) atoms. The number of carbonyl (C=O) groups excluding carboxylic acids is 2. The lowest BCUT2D eigenvalue weighted by Crippen LogP contribution is -2.31. The van der Waals surface area contributed by atoms with Crippen molar-refractivity contribution in [2.75, 3.05) is 13.2 Å².